The van der Waals surface area contributed by atoms with Gasteiger partial charge in [-0.25, -0.2) is 0 Å². The molecule has 142 valence electrons. The van der Waals surface area contributed by atoms with Gasteiger partial charge < -0.3 is 10.6 Å². The maximum atomic E-state index is 13.1. The van der Waals surface area contributed by atoms with E-state index in [1.165, 1.54) is 0 Å². The van der Waals surface area contributed by atoms with E-state index in [4.69, 9.17) is 23.2 Å². The molecular formula is C21H22Cl2N2O2. The van der Waals surface area contributed by atoms with Crippen molar-refractivity contribution in [1.29, 1.82) is 0 Å². The third-order valence-electron chi connectivity index (χ3n) is 4.94. The average molecular weight is 405 g/mol. The van der Waals surface area contributed by atoms with Gasteiger partial charge >= 0.3 is 0 Å². The largest absolute Gasteiger partial charge is 0.350 e. The number of amides is 2. The summed E-state index contributed by atoms with van der Waals surface area (Å²) in [7, 11) is 0. The summed E-state index contributed by atoms with van der Waals surface area (Å²) in [5.74, 6) is -0.312. The van der Waals surface area contributed by atoms with Gasteiger partial charge in [0.15, 0.2) is 0 Å². The van der Waals surface area contributed by atoms with E-state index >= 15 is 0 Å². The number of anilines is 1. The Bertz CT molecular complexity index is 859. The first-order valence-electron chi connectivity index (χ1n) is 9.00. The Hall–Kier alpha value is -2.04. The van der Waals surface area contributed by atoms with Crippen LogP contribution < -0.4 is 10.6 Å². The van der Waals surface area contributed by atoms with Crippen molar-refractivity contribution in [2.75, 3.05) is 5.32 Å². The fraction of sp³-hybridized carbons (Fsp3) is 0.333. The fourth-order valence-electron chi connectivity index (χ4n) is 3.30. The van der Waals surface area contributed by atoms with Crippen LogP contribution in [0.1, 0.15) is 49.0 Å². The number of halogens is 2. The van der Waals surface area contributed by atoms with Crippen LogP contribution in [-0.4, -0.2) is 17.9 Å². The van der Waals surface area contributed by atoms with Crippen molar-refractivity contribution < 1.29 is 9.59 Å². The Morgan fingerprint density at radius 3 is 2.26 bits per heavy atom. The number of benzene rings is 2. The minimum absolute atomic E-state index is 0.0226. The lowest BCUT2D eigenvalue weighted by Gasteiger charge is -2.40. The van der Waals surface area contributed by atoms with Gasteiger partial charge in [-0.2, -0.15) is 0 Å². The summed E-state index contributed by atoms with van der Waals surface area (Å²) < 4.78 is 0. The molecule has 2 aromatic carbocycles. The Balaban J connectivity index is 1.84. The van der Waals surface area contributed by atoms with Gasteiger partial charge in [0.1, 0.15) is 0 Å². The van der Waals surface area contributed by atoms with Crippen LogP contribution in [0, 0.1) is 0 Å². The van der Waals surface area contributed by atoms with Crippen molar-refractivity contribution in [3.8, 4) is 0 Å². The summed E-state index contributed by atoms with van der Waals surface area (Å²) in [5.41, 5.74) is 1.26. The smallest absolute Gasteiger partial charge is 0.251 e. The molecule has 6 heteroatoms. The van der Waals surface area contributed by atoms with Crippen LogP contribution in [-0.2, 0) is 10.2 Å². The second kappa shape index (κ2) is 7.91. The molecule has 27 heavy (non-hydrogen) atoms. The molecule has 0 unspecified atom stereocenters. The first-order valence-corrected chi connectivity index (χ1v) is 9.75. The normalized spacial score (nSPS) is 15.1. The number of nitrogens with one attached hydrogen (secondary N) is 2. The summed E-state index contributed by atoms with van der Waals surface area (Å²) in [6.07, 6.45) is 2.53. The summed E-state index contributed by atoms with van der Waals surface area (Å²) in [6, 6.07) is 12.3. The van der Waals surface area contributed by atoms with Gasteiger partial charge in [-0.1, -0.05) is 41.8 Å². The van der Waals surface area contributed by atoms with E-state index in [1.54, 1.807) is 30.3 Å². The highest BCUT2D eigenvalue weighted by Crippen LogP contribution is 2.45. The van der Waals surface area contributed by atoms with Crippen molar-refractivity contribution in [2.45, 2.75) is 44.6 Å². The standard InChI is InChI=1S/C21H22Cl2N2O2/c1-13(2)24-19(26)14-4-9-17(23)18(12-14)25-20(27)21(10-3-11-21)15-5-7-16(22)8-6-15/h4-9,12-13H,3,10-11H2,1-2H3,(H,24,26)(H,25,27). The van der Waals surface area contributed by atoms with Crippen LogP contribution in [0.15, 0.2) is 42.5 Å². The van der Waals surface area contributed by atoms with Crippen LogP contribution in [0.5, 0.6) is 0 Å². The molecule has 0 atom stereocenters. The molecule has 0 bridgehead atoms. The number of carbonyl (C=O) groups is 2. The Morgan fingerprint density at radius 1 is 1.04 bits per heavy atom. The molecule has 0 radical (unpaired) electrons. The number of hydrogen-bond donors (Lipinski definition) is 2. The van der Waals surface area contributed by atoms with E-state index in [0.29, 0.717) is 21.3 Å². The van der Waals surface area contributed by atoms with Gasteiger partial charge in [-0.15, -0.1) is 0 Å². The summed E-state index contributed by atoms with van der Waals surface area (Å²) in [6.45, 7) is 3.78. The second-order valence-corrected chi connectivity index (χ2v) is 8.06. The molecule has 1 fully saturated rings. The molecule has 1 saturated carbocycles. The van der Waals surface area contributed by atoms with Crippen molar-refractivity contribution in [2.24, 2.45) is 0 Å². The van der Waals surface area contributed by atoms with E-state index in [1.807, 2.05) is 26.0 Å². The first-order chi connectivity index (χ1) is 12.8. The van der Waals surface area contributed by atoms with Crippen LogP contribution in [0.25, 0.3) is 0 Å². The monoisotopic (exact) mass is 404 g/mol. The SMILES string of the molecule is CC(C)NC(=O)c1ccc(Cl)c(NC(=O)C2(c3ccc(Cl)cc3)CCC2)c1. The lowest BCUT2D eigenvalue weighted by molar-refractivity contribution is -0.124. The van der Waals surface area contributed by atoms with E-state index in [2.05, 4.69) is 10.6 Å². The van der Waals surface area contributed by atoms with Crippen molar-refractivity contribution >= 4 is 40.7 Å². The predicted molar refractivity (Wildman–Crippen MR) is 110 cm³/mol. The molecule has 2 aromatic rings. The van der Waals surface area contributed by atoms with Gasteiger partial charge in [-0.3, -0.25) is 9.59 Å². The van der Waals surface area contributed by atoms with Crippen LogP contribution in [0.2, 0.25) is 10.0 Å². The average Bonchev–Trinajstić information content (AvgIpc) is 2.57. The molecule has 0 aromatic heterocycles. The molecule has 1 aliphatic carbocycles. The second-order valence-electron chi connectivity index (χ2n) is 7.22. The van der Waals surface area contributed by atoms with Crippen LogP contribution in [0.3, 0.4) is 0 Å². The van der Waals surface area contributed by atoms with Gasteiger partial charge in [0.25, 0.3) is 5.91 Å². The zero-order chi connectivity index (χ0) is 19.6. The van der Waals surface area contributed by atoms with E-state index in [0.717, 1.165) is 24.8 Å². The lowest BCUT2D eigenvalue weighted by atomic mass is 9.64. The van der Waals surface area contributed by atoms with Gasteiger partial charge in [-0.05, 0) is 62.6 Å². The summed E-state index contributed by atoms with van der Waals surface area (Å²) in [4.78, 5) is 25.4. The summed E-state index contributed by atoms with van der Waals surface area (Å²) >= 11 is 12.2. The molecule has 0 spiro atoms. The summed E-state index contributed by atoms with van der Waals surface area (Å²) in [5, 5.41) is 6.80. The van der Waals surface area contributed by atoms with Crippen molar-refractivity contribution in [3.63, 3.8) is 0 Å². The third kappa shape index (κ3) is 4.12. The lowest BCUT2D eigenvalue weighted by Crippen LogP contribution is -2.46. The Kier molecular flexibility index (Phi) is 5.78. The van der Waals surface area contributed by atoms with Crippen molar-refractivity contribution in [1.82, 2.24) is 5.32 Å². The molecule has 4 nitrogen and oxygen atoms in total. The van der Waals surface area contributed by atoms with Crippen LogP contribution >= 0.6 is 23.2 Å². The maximum Gasteiger partial charge on any atom is 0.251 e. The first kappa shape index (κ1) is 19.7. The topological polar surface area (TPSA) is 58.2 Å². The molecular weight excluding hydrogens is 383 g/mol. The molecule has 0 saturated heterocycles. The minimum Gasteiger partial charge on any atom is -0.350 e. The zero-order valence-electron chi connectivity index (χ0n) is 15.3. The fourth-order valence-corrected chi connectivity index (χ4v) is 3.59. The number of rotatable bonds is 5. The quantitative estimate of drug-likeness (QED) is 0.719. The minimum atomic E-state index is -0.579. The number of carbonyl (C=O) groups excluding carboxylic acids is 2. The van der Waals surface area contributed by atoms with E-state index in [-0.39, 0.29) is 17.9 Å². The highest BCUT2D eigenvalue weighted by atomic mass is 35.5. The highest BCUT2D eigenvalue weighted by Gasteiger charge is 2.45. The zero-order valence-corrected chi connectivity index (χ0v) is 16.8. The van der Waals surface area contributed by atoms with Gasteiger partial charge in [0, 0.05) is 16.6 Å². The maximum absolute atomic E-state index is 13.1. The van der Waals surface area contributed by atoms with E-state index < -0.39 is 5.41 Å². The number of hydrogen-bond acceptors (Lipinski definition) is 2. The molecule has 0 heterocycles. The molecule has 2 amide bonds. The molecule has 1 aliphatic rings. The van der Waals surface area contributed by atoms with E-state index in [9.17, 15) is 9.59 Å². The molecule has 2 N–H and O–H groups in total. The van der Waals surface area contributed by atoms with Crippen molar-refractivity contribution in [3.05, 3.63) is 63.6 Å². The molecule has 0 aliphatic heterocycles. The highest BCUT2D eigenvalue weighted by molar-refractivity contribution is 6.34. The Morgan fingerprint density at radius 2 is 1.70 bits per heavy atom. The van der Waals surface area contributed by atoms with Gasteiger partial charge in [0.2, 0.25) is 5.91 Å². The Labute approximate surface area is 169 Å². The van der Waals surface area contributed by atoms with Gasteiger partial charge in [0.05, 0.1) is 16.1 Å². The predicted octanol–water partition coefficient (Wildman–Crippen LogP) is 5.19. The third-order valence-corrected chi connectivity index (χ3v) is 5.52. The molecule has 3 rings (SSSR count). The van der Waals surface area contributed by atoms with Crippen LogP contribution in [0.4, 0.5) is 5.69 Å².